The topological polar surface area (TPSA) is 120 Å². The van der Waals surface area contributed by atoms with Gasteiger partial charge in [0.15, 0.2) is 0 Å². The fourth-order valence-corrected chi connectivity index (χ4v) is 18.9. The van der Waals surface area contributed by atoms with Gasteiger partial charge < -0.3 is 29.7 Å². The number of rotatable bonds is 15. The molecule has 2 atom stereocenters. The number of carbonyl (C=O) groups excluding carboxylic acids is 5. The molecule has 0 aliphatic carbocycles. The Hall–Kier alpha value is -4.40. The molecule has 0 bridgehead atoms. The predicted molar refractivity (Wildman–Crippen MR) is 416 cm³/mol. The van der Waals surface area contributed by atoms with Crippen molar-refractivity contribution in [2.75, 3.05) is 65.6 Å². The molecule has 5 aromatic heterocycles. The van der Waals surface area contributed by atoms with Crippen LogP contribution < -0.4 is 5.32 Å². The largest absolute Gasteiger partial charge is 0.378 e. The first kappa shape index (κ1) is 85.2. The standard InChI is InChI=1S/2C17H26FNOS.C16H24FNOS.C15H23NO2S.C15H25NOS/c1-11(2)13-10-14(21-15(13)12(3)4)16(20)19-8-6-17(5,18)7-9-19;1-11(2)13-9-14(21-15(13)12(3)4)16(20)19-8-6-7-17(5,18)10-19;1-10(2)12-8-13(20-14(12)11(3)4)15(19)18-7-6-16(5,17)9-18;1-10(2)12-9-13(19-14(12)11(3)4)15(17)16-5-7-18-8-6-16;1-9(2)11-8-12(18-13(11)10(3)4)14(17)16-15(5,6)7/h10-12H,6-9H2,1-5H3;9,11-12H,6-8,10H2,1-5H3;8,10-11H,6-7,9H2,1-5H3;9-11H,5-8H2,1-4H3;8-10H,1-7H3,(H,16,17). The third kappa shape index (κ3) is 24.3. The van der Waals surface area contributed by atoms with Gasteiger partial charge in [-0.15, -0.1) is 56.7 Å². The minimum Gasteiger partial charge on any atom is -0.378 e. The van der Waals surface area contributed by atoms with Gasteiger partial charge >= 0.3 is 0 Å². The predicted octanol–water partition coefficient (Wildman–Crippen LogP) is 22.5. The summed E-state index contributed by atoms with van der Waals surface area (Å²) in [6.07, 6.45) is 2.63. The van der Waals surface area contributed by atoms with Crippen LogP contribution in [0.4, 0.5) is 13.2 Å². The van der Waals surface area contributed by atoms with E-state index in [4.69, 9.17) is 4.74 Å². The van der Waals surface area contributed by atoms with E-state index in [0.717, 1.165) is 30.8 Å². The van der Waals surface area contributed by atoms with E-state index in [-0.39, 0.29) is 48.2 Å². The Balaban J connectivity index is 0.000000224. The molecule has 9 rings (SSSR count). The van der Waals surface area contributed by atoms with Gasteiger partial charge in [-0.3, -0.25) is 24.0 Å². The second-order valence-electron chi connectivity index (χ2n) is 32.6. The van der Waals surface area contributed by atoms with Gasteiger partial charge in [0, 0.05) is 75.6 Å². The van der Waals surface area contributed by atoms with Gasteiger partial charge in [-0.2, -0.15) is 0 Å². The Morgan fingerprint density at radius 3 is 0.889 bits per heavy atom. The van der Waals surface area contributed by atoms with E-state index >= 15 is 0 Å². The monoisotopic (exact) mass is 1470 g/mol. The lowest BCUT2D eigenvalue weighted by atomic mass is 9.95. The Labute approximate surface area is 615 Å². The van der Waals surface area contributed by atoms with Crippen molar-refractivity contribution in [2.45, 2.75) is 294 Å². The second kappa shape index (κ2) is 36.3. The summed E-state index contributed by atoms with van der Waals surface area (Å²) in [5.41, 5.74) is 2.68. The zero-order chi connectivity index (χ0) is 74.7. The van der Waals surface area contributed by atoms with Crippen molar-refractivity contribution < 1.29 is 41.9 Å². The minimum atomic E-state index is -1.24. The van der Waals surface area contributed by atoms with Crippen LogP contribution in [-0.2, 0) is 4.74 Å². The quantitative estimate of drug-likeness (QED) is 0.111. The number of nitrogens with zero attached hydrogens (tertiary/aromatic N) is 4. The first-order valence-corrected chi connectivity index (χ1v) is 40.7. The lowest BCUT2D eigenvalue weighted by Crippen LogP contribution is -2.46. The van der Waals surface area contributed by atoms with Crippen molar-refractivity contribution in [1.29, 1.82) is 0 Å². The zero-order valence-electron chi connectivity index (χ0n) is 65.2. The molecule has 9 heterocycles. The first-order chi connectivity index (χ1) is 45.7. The molecule has 5 aromatic rings. The summed E-state index contributed by atoms with van der Waals surface area (Å²) < 4.78 is 47.2. The maximum atomic E-state index is 14.1. The molecule has 0 aromatic carbocycles. The molecule has 11 nitrogen and oxygen atoms in total. The minimum absolute atomic E-state index is 0.00243. The fourth-order valence-electron chi connectivity index (χ4n) is 12.6. The smallest absolute Gasteiger partial charge is 0.264 e. The second-order valence-corrected chi connectivity index (χ2v) is 38.1. The van der Waals surface area contributed by atoms with Crippen LogP contribution in [0.15, 0.2) is 30.3 Å². The molecule has 19 heteroatoms. The number of piperidine rings is 2. The molecule has 4 aliphatic rings. The van der Waals surface area contributed by atoms with E-state index in [1.807, 2.05) is 37.8 Å². The molecule has 0 radical (unpaired) electrons. The van der Waals surface area contributed by atoms with Crippen molar-refractivity contribution >= 4 is 86.2 Å². The summed E-state index contributed by atoms with van der Waals surface area (Å²) in [7, 11) is 0. The number of carbonyl (C=O) groups is 5. The lowest BCUT2D eigenvalue weighted by molar-refractivity contribution is 0.0306. The molecule has 0 saturated carbocycles. The highest BCUT2D eigenvalue weighted by atomic mass is 32.1. The van der Waals surface area contributed by atoms with Gasteiger partial charge in [0.05, 0.1) is 50.7 Å². The normalized spacial score (nSPS) is 18.9. The van der Waals surface area contributed by atoms with E-state index in [0.29, 0.717) is 137 Å². The molecule has 5 amide bonds. The van der Waals surface area contributed by atoms with E-state index in [9.17, 15) is 37.1 Å². The number of nitrogens with one attached hydrogen (secondary N) is 1. The van der Waals surface area contributed by atoms with Gasteiger partial charge in [-0.25, -0.2) is 13.2 Å². The summed E-state index contributed by atoms with van der Waals surface area (Å²) >= 11 is 8.07. The first-order valence-electron chi connectivity index (χ1n) is 36.6. The number of ether oxygens (including phenoxy) is 1. The number of alkyl halides is 3. The zero-order valence-corrected chi connectivity index (χ0v) is 69.3. The Kier molecular flexibility index (Phi) is 31.3. The molecule has 0 spiro atoms. The third-order valence-electron chi connectivity index (χ3n) is 18.3. The highest BCUT2D eigenvalue weighted by molar-refractivity contribution is 7.15. The van der Waals surface area contributed by atoms with Gasteiger partial charge in [0.2, 0.25) is 0 Å². The number of amides is 5. The number of hydrogen-bond acceptors (Lipinski definition) is 11. The number of thiophene rings is 5. The van der Waals surface area contributed by atoms with Crippen LogP contribution in [0.2, 0.25) is 0 Å². The highest BCUT2D eigenvalue weighted by Gasteiger charge is 2.39. The summed E-state index contributed by atoms with van der Waals surface area (Å²) in [6.45, 7) is 59.6. The van der Waals surface area contributed by atoms with E-state index in [1.54, 1.807) is 92.2 Å². The molecule has 4 aliphatic heterocycles. The number of halogens is 3. The molecule has 2 unspecified atom stereocenters. The lowest BCUT2D eigenvalue weighted by Gasteiger charge is -2.34. The van der Waals surface area contributed by atoms with Crippen LogP contribution in [0.5, 0.6) is 0 Å². The van der Waals surface area contributed by atoms with Crippen LogP contribution in [0.25, 0.3) is 0 Å². The summed E-state index contributed by atoms with van der Waals surface area (Å²) in [5.74, 6) is 4.69. The van der Waals surface area contributed by atoms with Crippen LogP contribution in [0.1, 0.15) is 372 Å². The summed E-state index contributed by atoms with van der Waals surface area (Å²) in [5, 5.41) is 3.03. The summed E-state index contributed by atoms with van der Waals surface area (Å²) in [6, 6.07) is 10.3. The van der Waals surface area contributed by atoms with Crippen LogP contribution in [0.3, 0.4) is 0 Å². The van der Waals surface area contributed by atoms with Gasteiger partial charge in [0.25, 0.3) is 29.5 Å². The van der Waals surface area contributed by atoms with Gasteiger partial charge in [0.1, 0.15) is 17.0 Å². The van der Waals surface area contributed by atoms with Crippen LogP contribution in [0, 0.1) is 0 Å². The van der Waals surface area contributed by atoms with E-state index < -0.39 is 17.0 Å². The van der Waals surface area contributed by atoms with Crippen molar-refractivity contribution in [3.8, 4) is 0 Å². The molecule has 556 valence electrons. The fraction of sp³-hybridized carbons (Fsp3) is 0.688. The molecular formula is C80H124F3N5O6S5. The van der Waals surface area contributed by atoms with Crippen molar-refractivity contribution in [2.24, 2.45) is 0 Å². The Morgan fingerprint density at radius 1 is 0.374 bits per heavy atom. The van der Waals surface area contributed by atoms with Gasteiger partial charge in [-0.05, 0) is 185 Å². The van der Waals surface area contributed by atoms with E-state index in [1.165, 1.54) is 52.2 Å². The maximum Gasteiger partial charge on any atom is 0.264 e. The highest BCUT2D eigenvalue weighted by Crippen LogP contribution is 2.41. The average molecular weight is 1470 g/mol. The van der Waals surface area contributed by atoms with Crippen molar-refractivity contribution in [3.63, 3.8) is 0 Å². The molecular weight excluding hydrogens is 1340 g/mol. The maximum absolute atomic E-state index is 14.1. The van der Waals surface area contributed by atoms with E-state index in [2.05, 4.69) is 162 Å². The number of likely N-dealkylation sites (tertiary alicyclic amines) is 3. The molecule has 1 N–H and O–H groups in total. The van der Waals surface area contributed by atoms with Crippen LogP contribution in [-0.4, -0.2) is 137 Å². The Bertz CT molecular complexity index is 3310. The van der Waals surface area contributed by atoms with Crippen molar-refractivity contribution in [1.82, 2.24) is 24.9 Å². The van der Waals surface area contributed by atoms with Crippen molar-refractivity contribution in [3.05, 3.63) is 107 Å². The molecule has 99 heavy (non-hydrogen) atoms. The Morgan fingerprint density at radius 2 is 0.626 bits per heavy atom. The average Bonchev–Trinajstić information content (AvgIpc) is 1.75. The number of morpholine rings is 1. The molecule has 4 fully saturated rings. The molecule has 4 saturated heterocycles. The number of hydrogen-bond donors (Lipinski definition) is 1. The van der Waals surface area contributed by atoms with Crippen LogP contribution >= 0.6 is 56.7 Å². The third-order valence-corrected chi connectivity index (χ3v) is 25.5. The van der Waals surface area contributed by atoms with Gasteiger partial charge in [-0.1, -0.05) is 138 Å². The summed E-state index contributed by atoms with van der Waals surface area (Å²) in [4.78, 5) is 80.1. The SMILES string of the molecule is CC(C)c1cc(C(=O)N2CCC(C)(F)C2)sc1C(C)C.CC(C)c1cc(C(=O)N2CCC(C)(F)CC2)sc1C(C)C.CC(C)c1cc(C(=O)N2CCCC(C)(F)C2)sc1C(C)C.CC(C)c1cc(C(=O)N2CCOCC2)sc1C(C)C.CC(C)c1cc(C(=O)NC(C)(C)C)sc1C(C)C.